The largest absolute Gasteiger partial charge is 0.368 e. The highest BCUT2D eigenvalue weighted by Gasteiger charge is 2.17. The van der Waals surface area contributed by atoms with Crippen molar-refractivity contribution in [3.05, 3.63) is 54.3 Å². The molecule has 1 fully saturated rings. The molecule has 0 amide bonds. The molecule has 2 aromatic rings. The number of nitrogens with zero attached hydrogens (tertiary/aromatic N) is 2. The molecule has 0 aliphatic carbocycles. The standard InChI is InChI=1S/C18H22FN3O2S/c1-2-25(23,24)20-16-5-9-18(10-6-16)22-13-11-21(12-14-22)17-7-3-15(19)4-8-17/h3-10,20H,2,11-14H2,1H3. The number of piperazine rings is 1. The Morgan fingerprint density at radius 1 is 0.880 bits per heavy atom. The zero-order valence-corrected chi connectivity index (χ0v) is 15.0. The minimum absolute atomic E-state index is 0.0557. The fraction of sp³-hybridized carbons (Fsp3) is 0.333. The van der Waals surface area contributed by atoms with Crippen LogP contribution in [0.4, 0.5) is 21.5 Å². The minimum Gasteiger partial charge on any atom is -0.368 e. The van der Waals surface area contributed by atoms with Gasteiger partial charge in [-0.3, -0.25) is 4.72 Å². The lowest BCUT2D eigenvalue weighted by Crippen LogP contribution is -2.46. The lowest BCUT2D eigenvalue weighted by Gasteiger charge is -2.37. The van der Waals surface area contributed by atoms with E-state index in [1.165, 1.54) is 12.1 Å². The van der Waals surface area contributed by atoms with Gasteiger partial charge < -0.3 is 9.80 Å². The third-order valence-corrected chi connectivity index (χ3v) is 5.66. The van der Waals surface area contributed by atoms with E-state index < -0.39 is 10.0 Å². The average molecular weight is 363 g/mol. The molecule has 0 bridgehead atoms. The quantitative estimate of drug-likeness (QED) is 0.887. The third kappa shape index (κ3) is 4.42. The molecule has 1 aliphatic rings. The summed E-state index contributed by atoms with van der Waals surface area (Å²) in [5.41, 5.74) is 2.68. The molecule has 0 radical (unpaired) electrons. The molecule has 2 aromatic carbocycles. The normalized spacial score (nSPS) is 15.3. The Kier molecular flexibility index (Phi) is 5.13. The summed E-state index contributed by atoms with van der Waals surface area (Å²) in [6.07, 6.45) is 0. The van der Waals surface area contributed by atoms with Crippen molar-refractivity contribution in [1.82, 2.24) is 0 Å². The Morgan fingerprint density at radius 2 is 1.32 bits per heavy atom. The van der Waals surface area contributed by atoms with Gasteiger partial charge in [-0.05, 0) is 55.5 Å². The van der Waals surface area contributed by atoms with Crippen LogP contribution in [0.15, 0.2) is 48.5 Å². The molecule has 7 heteroatoms. The van der Waals surface area contributed by atoms with Crippen molar-refractivity contribution >= 4 is 27.1 Å². The van der Waals surface area contributed by atoms with Crippen LogP contribution in [0.3, 0.4) is 0 Å². The van der Waals surface area contributed by atoms with Gasteiger partial charge in [-0.1, -0.05) is 0 Å². The monoisotopic (exact) mass is 363 g/mol. The zero-order chi connectivity index (χ0) is 17.9. The Morgan fingerprint density at radius 3 is 1.76 bits per heavy atom. The fourth-order valence-corrected chi connectivity index (χ4v) is 3.51. The Balaban J connectivity index is 1.60. The summed E-state index contributed by atoms with van der Waals surface area (Å²) in [7, 11) is -3.25. The highest BCUT2D eigenvalue weighted by atomic mass is 32.2. The van der Waals surface area contributed by atoms with Gasteiger partial charge in [0.2, 0.25) is 10.0 Å². The van der Waals surface area contributed by atoms with E-state index in [2.05, 4.69) is 14.5 Å². The molecule has 5 nitrogen and oxygen atoms in total. The highest BCUT2D eigenvalue weighted by Crippen LogP contribution is 2.22. The highest BCUT2D eigenvalue weighted by molar-refractivity contribution is 7.92. The SMILES string of the molecule is CCS(=O)(=O)Nc1ccc(N2CCN(c3ccc(F)cc3)CC2)cc1. The molecule has 0 aromatic heterocycles. The summed E-state index contributed by atoms with van der Waals surface area (Å²) in [6, 6.07) is 14.0. The van der Waals surface area contributed by atoms with E-state index in [0.717, 1.165) is 37.6 Å². The van der Waals surface area contributed by atoms with Gasteiger partial charge in [0, 0.05) is 43.2 Å². The molecule has 134 valence electrons. The van der Waals surface area contributed by atoms with E-state index in [0.29, 0.717) is 5.69 Å². The van der Waals surface area contributed by atoms with Crippen molar-refractivity contribution in [2.75, 3.05) is 46.5 Å². The van der Waals surface area contributed by atoms with Gasteiger partial charge in [-0.15, -0.1) is 0 Å². The van der Waals surface area contributed by atoms with Crippen molar-refractivity contribution in [2.24, 2.45) is 0 Å². The maximum absolute atomic E-state index is 13.0. The summed E-state index contributed by atoms with van der Waals surface area (Å²) in [5.74, 6) is -0.165. The molecule has 1 heterocycles. The summed E-state index contributed by atoms with van der Waals surface area (Å²) in [5, 5.41) is 0. The fourth-order valence-electron chi connectivity index (χ4n) is 2.87. The van der Waals surface area contributed by atoms with Crippen LogP contribution in [0.1, 0.15) is 6.92 Å². The number of hydrogen-bond acceptors (Lipinski definition) is 4. The van der Waals surface area contributed by atoms with Gasteiger partial charge in [0.25, 0.3) is 0 Å². The molecule has 1 saturated heterocycles. The maximum atomic E-state index is 13.0. The number of hydrogen-bond donors (Lipinski definition) is 1. The Hall–Kier alpha value is -2.28. The number of anilines is 3. The second-order valence-electron chi connectivity index (χ2n) is 6.00. The molecule has 0 unspecified atom stereocenters. The topological polar surface area (TPSA) is 52.7 Å². The van der Waals surface area contributed by atoms with E-state index in [1.54, 1.807) is 31.2 Å². The van der Waals surface area contributed by atoms with Crippen LogP contribution < -0.4 is 14.5 Å². The molecular formula is C18H22FN3O2S. The first kappa shape index (κ1) is 17.5. The third-order valence-electron chi connectivity index (χ3n) is 4.36. The molecular weight excluding hydrogens is 341 g/mol. The summed E-state index contributed by atoms with van der Waals surface area (Å²) < 4.78 is 38.8. The van der Waals surface area contributed by atoms with Crippen LogP contribution in [-0.2, 0) is 10.0 Å². The summed E-state index contributed by atoms with van der Waals surface area (Å²) >= 11 is 0. The van der Waals surface area contributed by atoms with E-state index in [1.807, 2.05) is 12.1 Å². The van der Waals surface area contributed by atoms with Crippen molar-refractivity contribution < 1.29 is 12.8 Å². The second-order valence-corrected chi connectivity index (χ2v) is 8.01. The first-order chi connectivity index (χ1) is 12.0. The first-order valence-electron chi connectivity index (χ1n) is 8.33. The van der Waals surface area contributed by atoms with Crippen LogP contribution in [-0.4, -0.2) is 40.3 Å². The minimum atomic E-state index is -3.25. The molecule has 3 rings (SSSR count). The lowest BCUT2D eigenvalue weighted by molar-refractivity contribution is 0.602. The second kappa shape index (κ2) is 7.31. The number of benzene rings is 2. The Labute approximate surface area is 148 Å². The molecule has 0 spiro atoms. The predicted molar refractivity (Wildman–Crippen MR) is 100 cm³/mol. The molecule has 0 saturated carbocycles. The van der Waals surface area contributed by atoms with Crippen LogP contribution in [0, 0.1) is 5.82 Å². The van der Waals surface area contributed by atoms with E-state index >= 15 is 0 Å². The van der Waals surface area contributed by atoms with Crippen LogP contribution in [0.2, 0.25) is 0 Å². The molecule has 1 N–H and O–H groups in total. The Bertz CT molecular complexity index is 799. The molecule has 1 aliphatic heterocycles. The van der Waals surface area contributed by atoms with Gasteiger partial charge in [0.1, 0.15) is 5.82 Å². The van der Waals surface area contributed by atoms with Gasteiger partial charge >= 0.3 is 0 Å². The van der Waals surface area contributed by atoms with E-state index in [4.69, 9.17) is 0 Å². The predicted octanol–water partition coefficient (Wildman–Crippen LogP) is 2.91. The number of halogens is 1. The number of nitrogens with one attached hydrogen (secondary N) is 1. The van der Waals surface area contributed by atoms with Gasteiger partial charge in [0.05, 0.1) is 5.75 Å². The zero-order valence-electron chi connectivity index (χ0n) is 14.2. The smallest absolute Gasteiger partial charge is 0.232 e. The molecule has 25 heavy (non-hydrogen) atoms. The lowest BCUT2D eigenvalue weighted by atomic mass is 10.2. The first-order valence-corrected chi connectivity index (χ1v) is 9.98. The number of rotatable bonds is 5. The van der Waals surface area contributed by atoms with Crippen molar-refractivity contribution in [3.8, 4) is 0 Å². The van der Waals surface area contributed by atoms with Crippen molar-refractivity contribution in [1.29, 1.82) is 0 Å². The average Bonchev–Trinajstić information content (AvgIpc) is 2.63. The summed E-state index contributed by atoms with van der Waals surface area (Å²) in [6.45, 7) is 5.04. The van der Waals surface area contributed by atoms with Gasteiger partial charge in [0.15, 0.2) is 0 Å². The maximum Gasteiger partial charge on any atom is 0.232 e. The van der Waals surface area contributed by atoms with Crippen molar-refractivity contribution in [2.45, 2.75) is 6.92 Å². The molecule has 0 atom stereocenters. The van der Waals surface area contributed by atoms with E-state index in [-0.39, 0.29) is 11.6 Å². The van der Waals surface area contributed by atoms with Gasteiger partial charge in [-0.25, -0.2) is 12.8 Å². The van der Waals surface area contributed by atoms with Gasteiger partial charge in [-0.2, -0.15) is 0 Å². The van der Waals surface area contributed by atoms with Crippen LogP contribution in [0.25, 0.3) is 0 Å². The summed E-state index contributed by atoms with van der Waals surface area (Å²) in [4.78, 5) is 4.50. The van der Waals surface area contributed by atoms with Crippen molar-refractivity contribution in [3.63, 3.8) is 0 Å². The number of sulfonamides is 1. The van der Waals surface area contributed by atoms with E-state index in [9.17, 15) is 12.8 Å². The van der Waals surface area contributed by atoms with Crippen LogP contribution in [0.5, 0.6) is 0 Å². The van der Waals surface area contributed by atoms with Crippen LogP contribution >= 0.6 is 0 Å².